The largest absolute Gasteiger partial charge is 0.322 e. The number of urea groups is 1. The van der Waals surface area contributed by atoms with E-state index in [1.165, 1.54) is 0 Å². The molecular formula is C20H18N4OS. The molecule has 0 atom stereocenters. The maximum absolute atomic E-state index is 12.9. The van der Waals surface area contributed by atoms with E-state index in [0.29, 0.717) is 17.8 Å². The van der Waals surface area contributed by atoms with Gasteiger partial charge in [-0.3, -0.25) is 0 Å². The van der Waals surface area contributed by atoms with Crippen molar-refractivity contribution in [1.82, 2.24) is 9.88 Å². The summed E-state index contributed by atoms with van der Waals surface area (Å²) in [5, 5.41) is 11.9. The van der Waals surface area contributed by atoms with Gasteiger partial charge in [0.05, 0.1) is 27.4 Å². The second-order valence-electron chi connectivity index (χ2n) is 6.45. The Labute approximate surface area is 155 Å². The third-order valence-electron chi connectivity index (χ3n) is 4.82. The molecule has 1 fully saturated rings. The van der Waals surface area contributed by atoms with Gasteiger partial charge in [0.2, 0.25) is 0 Å². The summed E-state index contributed by atoms with van der Waals surface area (Å²) in [6, 6.07) is 15.3. The zero-order valence-corrected chi connectivity index (χ0v) is 15.0. The zero-order valence-electron chi connectivity index (χ0n) is 14.2. The zero-order chi connectivity index (χ0) is 17.9. The van der Waals surface area contributed by atoms with Crippen molar-refractivity contribution in [1.29, 1.82) is 5.26 Å². The molecule has 4 rings (SSSR count). The highest BCUT2D eigenvalue weighted by molar-refractivity contribution is 7.16. The number of aromatic nitrogens is 1. The van der Waals surface area contributed by atoms with E-state index in [-0.39, 0.29) is 12.1 Å². The van der Waals surface area contributed by atoms with Crippen LogP contribution in [0.25, 0.3) is 10.2 Å². The monoisotopic (exact) mass is 362 g/mol. The standard InChI is InChI=1S/C20H18N4OS/c21-11-14-7-9-16(10-8-14)23-20(25)24(17-4-2-5-17)12-15-3-1-6-18-19(15)26-13-22-18/h1,3,6-10,13,17H,2,4-5,12H2,(H,23,25). The number of benzene rings is 2. The molecule has 1 heterocycles. The Morgan fingerprint density at radius 1 is 1.27 bits per heavy atom. The van der Waals surface area contributed by atoms with E-state index >= 15 is 0 Å². The maximum Gasteiger partial charge on any atom is 0.322 e. The van der Waals surface area contributed by atoms with Crippen LogP contribution in [-0.4, -0.2) is 22.0 Å². The van der Waals surface area contributed by atoms with Crippen molar-refractivity contribution in [2.75, 3.05) is 5.32 Å². The van der Waals surface area contributed by atoms with E-state index in [4.69, 9.17) is 5.26 Å². The highest BCUT2D eigenvalue weighted by Gasteiger charge is 2.29. The summed E-state index contributed by atoms with van der Waals surface area (Å²) in [7, 11) is 0. The van der Waals surface area contributed by atoms with Gasteiger partial charge in [0, 0.05) is 18.3 Å². The molecule has 1 aliphatic carbocycles. The van der Waals surface area contributed by atoms with E-state index in [2.05, 4.69) is 22.4 Å². The number of anilines is 1. The molecule has 2 amide bonds. The molecule has 6 heteroatoms. The molecular weight excluding hydrogens is 344 g/mol. The Kier molecular flexibility index (Phi) is 4.55. The summed E-state index contributed by atoms with van der Waals surface area (Å²) < 4.78 is 1.14. The van der Waals surface area contributed by atoms with Crippen LogP contribution in [0.3, 0.4) is 0 Å². The molecule has 130 valence electrons. The molecule has 1 N–H and O–H groups in total. The van der Waals surface area contributed by atoms with Gasteiger partial charge in [-0.25, -0.2) is 9.78 Å². The van der Waals surface area contributed by atoms with Gasteiger partial charge in [0.25, 0.3) is 0 Å². The highest BCUT2D eigenvalue weighted by atomic mass is 32.1. The van der Waals surface area contributed by atoms with Crippen LogP contribution in [-0.2, 0) is 6.54 Å². The summed E-state index contributed by atoms with van der Waals surface area (Å²) in [5.74, 6) is 0. The number of carbonyl (C=O) groups excluding carboxylic acids is 1. The molecule has 0 aliphatic heterocycles. The second kappa shape index (κ2) is 7.14. The first kappa shape index (κ1) is 16.6. The van der Waals surface area contributed by atoms with Crippen molar-refractivity contribution in [3.8, 4) is 6.07 Å². The fraction of sp³-hybridized carbons (Fsp3) is 0.250. The van der Waals surface area contributed by atoms with Gasteiger partial charge >= 0.3 is 6.03 Å². The van der Waals surface area contributed by atoms with Crippen LogP contribution in [0.5, 0.6) is 0 Å². The minimum Gasteiger partial charge on any atom is -0.317 e. The Hall–Kier alpha value is -2.91. The highest BCUT2D eigenvalue weighted by Crippen LogP contribution is 2.30. The van der Waals surface area contributed by atoms with Crippen LogP contribution in [0.4, 0.5) is 10.5 Å². The number of carbonyl (C=O) groups is 1. The van der Waals surface area contributed by atoms with Crippen molar-refractivity contribution < 1.29 is 4.79 Å². The quantitative estimate of drug-likeness (QED) is 0.728. The molecule has 0 spiro atoms. The van der Waals surface area contributed by atoms with Crippen molar-refractivity contribution in [3.05, 3.63) is 59.1 Å². The second-order valence-corrected chi connectivity index (χ2v) is 7.30. The molecule has 2 aromatic carbocycles. The molecule has 0 bridgehead atoms. The number of amides is 2. The number of hydrogen-bond acceptors (Lipinski definition) is 4. The van der Waals surface area contributed by atoms with Gasteiger partial charge in [0.15, 0.2) is 0 Å². The molecule has 0 saturated heterocycles. The van der Waals surface area contributed by atoms with Gasteiger partial charge in [-0.1, -0.05) is 12.1 Å². The third kappa shape index (κ3) is 3.26. The van der Waals surface area contributed by atoms with Crippen LogP contribution < -0.4 is 5.32 Å². The van der Waals surface area contributed by atoms with E-state index < -0.39 is 0 Å². The normalized spacial score (nSPS) is 13.8. The van der Waals surface area contributed by atoms with E-state index in [0.717, 1.165) is 35.0 Å². The molecule has 1 aliphatic rings. The summed E-state index contributed by atoms with van der Waals surface area (Å²) in [6.07, 6.45) is 3.25. The number of nitrogens with zero attached hydrogens (tertiary/aromatic N) is 3. The number of thiazole rings is 1. The average Bonchev–Trinajstić information content (AvgIpc) is 3.10. The Bertz CT molecular complexity index is 969. The summed E-state index contributed by atoms with van der Waals surface area (Å²) >= 11 is 1.61. The molecule has 26 heavy (non-hydrogen) atoms. The lowest BCUT2D eigenvalue weighted by Crippen LogP contribution is -2.45. The van der Waals surface area contributed by atoms with Gasteiger partial charge in [-0.2, -0.15) is 5.26 Å². The van der Waals surface area contributed by atoms with E-state index in [9.17, 15) is 4.79 Å². The van der Waals surface area contributed by atoms with Gasteiger partial charge < -0.3 is 10.2 Å². The van der Waals surface area contributed by atoms with Crippen LogP contribution >= 0.6 is 11.3 Å². The van der Waals surface area contributed by atoms with Gasteiger partial charge in [-0.15, -0.1) is 11.3 Å². The SMILES string of the molecule is N#Cc1ccc(NC(=O)N(Cc2cccc3ncsc23)C2CCC2)cc1. The Morgan fingerprint density at radius 2 is 2.08 bits per heavy atom. The van der Waals surface area contributed by atoms with E-state index in [1.54, 1.807) is 35.6 Å². The fourth-order valence-electron chi connectivity index (χ4n) is 3.14. The number of nitrogens with one attached hydrogen (secondary N) is 1. The van der Waals surface area contributed by atoms with Gasteiger partial charge in [0.1, 0.15) is 0 Å². The number of nitriles is 1. The van der Waals surface area contributed by atoms with Crippen LogP contribution in [0, 0.1) is 11.3 Å². The predicted octanol–water partition coefficient (Wildman–Crippen LogP) is 4.75. The first-order valence-electron chi connectivity index (χ1n) is 8.63. The number of fused-ring (bicyclic) bond motifs is 1. The van der Waals surface area contributed by atoms with Crippen LogP contribution in [0.15, 0.2) is 48.0 Å². The minimum atomic E-state index is -0.0964. The minimum absolute atomic E-state index is 0.0964. The molecule has 0 unspecified atom stereocenters. The molecule has 1 aromatic heterocycles. The van der Waals surface area contributed by atoms with E-state index in [1.807, 2.05) is 22.5 Å². The molecule has 1 saturated carbocycles. The lowest BCUT2D eigenvalue weighted by Gasteiger charge is -2.37. The summed E-state index contributed by atoms with van der Waals surface area (Å²) in [6.45, 7) is 0.576. The first-order chi connectivity index (χ1) is 12.7. The molecule has 5 nitrogen and oxygen atoms in total. The van der Waals surface area contributed by atoms with Crippen molar-refractivity contribution >= 4 is 33.3 Å². The summed E-state index contributed by atoms with van der Waals surface area (Å²) in [5.41, 5.74) is 5.24. The third-order valence-corrected chi connectivity index (χ3v) is 5.74. The number of hydrogen-bond donors (Lipinski definition) is 1. The Balaban J connectivity index is 1.55. The van der Waals surface area contributed by atoms with Crippen molar-refractivity contribution in [2.24, 2.45) is 0 Å². The fourth-order valence-corrected chi connectivity index (χ4v) is 3.94. The molecule has 0 radical (unpaired) electrons. The maximum atomic E-state index is 12.9. The van der Waals surface area contributed by atoms with Crippen LogP contribution in [0.2, 0.25) is 0 Å². The van der Waals surface area contributed by atoms with Crippen LogP contribution in [0.1, 0.15) is 30.4 Å². The average molecular weight is 362 g/mol. The predicted molar refractivity (Wildman–Crippen MR) is 103 cm³/mol. The van der Waals surface area contributed by atoms with Crippen molar-refractivity contribution in [3.63, 3.8) is 0 Å². The topological polar surface area (TPSA) is 69.0 Å². The lowest BCUT2D eigenvalue weighted by molar-refractivity contribution is 0.144. The molecule has 3 aromatic rings. The van der Waals surface area contributed by atoms with Gasteiger partial charge in [-0.05, 0) is 55.2 Å². The smallest absolute Gasteiger partial charge is 0.317 e. The summed E-state index contributed by atoms with van der Waals surface area (Å²) in [4.78, 5) is 19.2. The lowest BCUT2D eigenvalue weighted by atomic mass is 9.91. The first-order valence-corrected chi connectivity index (χ1v) is 9.51. The van der Waals surface area contributed by atoms with Crippen molar-refractivity contribution in [2.45, 2.75) is 31.8 Å². The Morgan fingerprint density at radius 3 is 2.77 bits per heavy atom. The number of rotatable bonds is 4.